The van der Waals surface area contributed by atoms with Gasteiger partial charge in [0, 0.05) is 17.3 Å². The zero-order valence-electron chi connectivity index (χ0n) is 22.8. The van der Waals surface area contributed by atoms with E-state index >= 15 is 0 Å². The first kappa shape index (κ1) is 27.6. The Bertz CT molecular complexity index is 1410. The lowest BCUT2D eigenvalue weighted by Gasteiger charge is -2.26. The molecule has 0 saturated carbocycles. The molecule has 39 heavy (non-hydrogen) atoms. The molecule has 3 aromatic carbocycles. The summed E-state index contributed by atoms with van der Waals surface area (Å²) in [5.74, 6) is 0.359. The third kappa shape index (κ3) is 5.41. The summed E-state index contributed by atoms with van der Waals surface area (Å²) in [6.07, 6.45) is 0.862. The van der Waals surface area contributed by atoms with Crippen molar-refractivity contribution in [1.29, 1.82) is 0 Å². The molecule has 8 nitrogen and oxygen atoms in total. The summed E-state index contributed by atoms with van der Waals surface area (Å²) >= 11 is 0. The van der Waals surface area contributed by atoms with Crippen LogP contribution in [-0.4, -0.2) is 44.2 Å². The summed E-state index contributed by atoms with van der Waals surface area (Å²) in [4.78, 5) is 28.4. The molecule has 4 rings (SSSR count). The third-order valence-corrected chi connectivity index (χ3v) is 6.49. The Labute approximate surface area is 228 Å². The van der Waals surface area contributed by atoms with Gasteiger partial charge < -0.3 is 24.1 Å². The molecule has 0 radical (unpaired) electrons. The predicted molar refractivity (Wildman–Crippen MR) is 149 cm³/mol. The molecule has 1 amide bonds. The minimum Gasteiger partial charge on any atom is -0.507 e. The molecular weight excluding hydrogens is 498 g/mol. The van der Waals surface area contributed by atoms with Gasteiger partial charge in [-0.05, 0) is 73.9 Å². The first-order valence-corrected chi connectivity index (χ1v) is 12.8. The highest BCUT2D eigenvalue weighted by atomic mass is 16.5. The highest BCUT2D eigenvalue weighted by Gasteiger charge is 2.47. The number of ether oxygens (including phenoxy) is 4. The minimum atomic E-state index is -0.932. The van der Waals surface area contributed by atoms with Gasteiger partial charge >= 0.3 is 0 Å². The summed E-state index contributed by atoms with van der Waals surface area (Å²) in [6.45, 7) is 6.70. The molecule has 0 aromatic heterocycles. The van der Waals surface area contributed by atoms with E-state index in [9.17, 15) is 14.7 Å². The highest BCUT2D eigenvalue weighted by molar-refractivity contribution is 6.51. The van der Waals surface area contributed by atoms with Crippen molar-refractivity contribution in [2.45, 2.75) is 33.2 Å². The number of nitrogens with zero attached hydrogens (tertiary/aromatic N) is 1. The van der Waals surface area contributed by atoms with E-state index in [1.165, 1.54) is 19.1 Å². The molecule has 1 N–H and O–H groups in total. The lowest BCUT2D eigenvalue weighted by atomic mass is 9.94. The van der Waals surface area contributed by atoms with Gasteiger partial charge in [-0.3, -0.25) is 14.5 Å². The van der Waals surface area contributed by atoms with Crippen molar-refractivity contribution in [3.8, 4) is 23.0 Å². The van der Waals surface area contributed by atoms with Gasteiger partial charge in [-0.15, -0.1) is 0 Å². The molecular formula is C31H33NO7. The summed E-state index contributed by atoms with van der Waals surface area (Å²) < 4.78 is 22.3. The Hall–Kier alpha value is -4.46. The van der Waals surface area contributed by atoms with Crippen molar-refractivity contribution >= 4 is 23.1 Å². The van der Waals surface area contributed by atoms with Crippen LogP contribution in [0.3, 0.4) is 0 Å². The molecule has 1 atom stereocenters. The number of carbonyl (C=O) groups is 2. The predicted octanol–water partition coefficient (Wildman–Crippen LogP) is 5.83. The van der Waals surface area contributed by atoms with Crippen LogP contribution in [0.4, 0.5) is 5.69 Å². The van der Waals surface area contributed by atoms with Crippen LogP contribution >= 0.6 is 0 Å². The van der Waals surface area contributed by atoms with E-state index in [2.05, 4.69) is 0 Å². The normalized spacial score (nSPS) is 16.3. The minimum absolute atomic E-state index is 0.0305. The van der Waals surface area contributed by atoms with Crippen molar-refractivity contribution in [2.24, 2.45) is 0 Å². The molecule has 204 valence electrons. The van der Waals surface area contributed by atoms with Crippen LogP contribution < -0.4 is 23.8 Å². The van der Waals surface area contributed by atoms with Crippen LogP contribution in [0.5, 0.6) is 23.0 Å². The molecule has 1 heterocycles. The average Bonchev–Trinajstić information content (AvgIpc) is 3.22. The summed E-state index contributed by atoms with van der Waals surface area (Å²) in [5, 5.41) is 11.5. The van der Waals surface area contributed by atoms with Gasteiger partial charge in [0.05, 0.1) is 39.0 Å². The zero-order chi connectivity index (χ0) is 28.1. The molecule has 3 aromatic rings. The fourth-order valence-electron chi connectivity index (χ4n) is 4.63. The van der Waals surface area contributed by atoms with E-state index in [-0.39, 0.29) is 11.3 Å². The molecule has 0 spiro atoms. The van der Waals surface area contributed by atoms with E-state index in [0.717, 1.165) is 12.0 Å². The van der Waals surface area contributed by atoms with Gasteiger partial charge in [-0.2, -0.15) is 0 Å². The summed E-state index contributed by atoms with van der Waals surface area (Å²) in [5.41, 5.74) is 2.20. The van der Waals surface area contributed by atoms with Gasteiger partial charge in [-0.1, -0.05) is 19.1 Å². The van der Waals surface area contributed by atoms with Crippen LogP contribution in [0, 0.1) is 6.92 Å². The van der Waals surface area contributed by atoms with E-state index < -0.39 is 17.7 Å². The van der Waals surface area contributed by atoms with Gasteiger partial charge in [0.2, 0.25) is 0 Å². The maximum atomic E-state index is 13.5. The molecule has 0 aliphatic carbocycles. The Morgan fingerprint density at radius 3 is 2.33 bits per heavy atom. The standard InChI is InChI=1S/C31H33NO7/c1-6-15-39-24-13-12-21(16-19(24)3)29(33)27-28(20-11-14-25(37-5)26(17-20)38-7-2)32(31(35)30(27)34)22-9-8-10-23(18-22)36-4/h8-14,16-18,28,33H,6-7,15H2,1-5H3/b29-27-. The van der Waals surface area contributed by atoms with Crippen molar-refractivity contribution < 1.29 is 33.6 Å². The van der Waals surface area contributed by atoms with E-state index in [0.29, 0.717) is 53.0 Å². The largest absolute Gasteiger partial charge is 0.507 e. The fourth-order valence-corrected chi connectivity index (χ4v) is 4.63. The SMILES string of the molecule is CCCOc1ccc(/C(O)=C2/C(=O)C(=O)N(c3cccc(OC)c3)C2c2ccc(OC)c(OCC)c2)cc1C. The van der Waals surface area contributed by atoms with Crippen molar-refractivity contribution in [1.82, 2.24) is 0 Å². The number of rotatable bonds is 10. The highest BCUT2D eigenvalue weighted by Crippen LogP contribution is 2.45. The number of hydrogen-bond acceptors (Lipinski definition) is 7. The van der Waals surface area contributed by atoms with Gasteiger partial charge in [0.15, 0.2) is 11.5 Å². The second-order valence-electron chi connectivity index (χ2n) is 9.04. The monoisotopic (exact) mass is 531 g/mol. The summed E-state index contributed by atoms with van der Waals surface area (Å²) in [6, 6.07) is 16.3. The van der Waals surface area contributed by atoms with Crippen LogP contribution in [-0.2, 0) is 9.59 Å². The third-order valence-electron chi connectivity index (χ3n) is 6.49. The number of carbonyl (C=O) groups excluding carboxylic acids is 2. The Morgan fingerprint density at radius 1 is 0.897 bits per heavy atom. The quantitative estimate of drug-likeness (QED) is 0.200. The van der Waals surface area contributed by atoms with E-state index in [1.807, 2.05) is 20.8 Å². The molecule has 1 aliphatic rings. The number of aliphatic hydroxyl groups is 1. The lowest BCUT2D eigenvalue weighted by Crippen LogP contribution is -2.29. The number of amides is 1. The number of aryl methyl sites for hydroxylation is 1. The van der Waals surface area contributed by atoms with Gasteiger partial charge in [0.1, 0.15) is 17.3 Å². The number of ketones is 1. The molecule has 8 heteroatoms. The molecule has 1 unspecified atom stereocenters. The Kier molecular flexibility index (Phi) is 8.44. The Morgan fingerprint density at radius 2 is 1.67 bits per heavy atom. The molecule has 1 aliphatic heterocycles. The Balaban J connectivity index is 1.92. The molecule has 1 fully saturated rings. The fraction of sp³-hybridized carbons (Fsp3) is 0.290. The lowest BCUT2D eigenvalue weighted by molar-refractivity contribution is -0.132. The van der Waals surface area contributed by atoms with Gasteiger partial charge in [0.25, 0.3) is 11.7 Å². The van der Waals surface area contributed by atoms with Crippen LogP contribution in [0.2, 0.25) is 0 Å². The van der Waals surface area contributed by atoms with Crippen molar-refractivity contribution in [3.63, 3.8) is 0 Å². The zero-order valence-corrected chi connectivity index (χ0v) is 22.8. The second kappa shape index (κ2) is 11.9. The van der Waals surface area contributed by atoms with Crippen LogP contribution in [0.15, 0.2) is 66.2 Å². The van der Waals surface area contributed by atoms with Gasteiger partial charge in [-0.25, -0.2) is 0 Å². The molecule has 1 saturated heterocycles. The van der Waals surface area contributed by atoms with Crippen molar-refractivity contribution in [2.75, 3.05) is 32.3 Å². The number of anilines is 1. The maximum absolute atomic E-state index is 13.5. The smallest absolute Gasteiger partial charge is 0.300 e. The number of Topliss-reactive ketones (excluding diaryl/α,β-unsaturated/α-hetero) is 1. The maximum Gasteiger partial charge on any atom is 0.300 e. The van der Waals surface area contributed by atoms with Crippen LogP contribution in [0.25, 0.3) is 5.76 Å². The number of methoxy groups -OCH3 is 2. The number of aliphatic hydroxyl groups excluding tert-OH is 1. The van der Waals surface area contributed by atoms with Crippen molar-refractivity contribution in [3.05, 3.63) is 82.9 Å². The topological polar surface area (TPSA) is 94.5 Å². The van der Waals surface area contributed by atoms with E-state index in [4.69, 9.17) is 18.9 Å². The first-order chi connectivity index (χ1) is 18.8. The first-order valence-electron chi connectivity index (χ1n) is 12.8. The van der Waals surface area contributed by atoms with E-state index in [1.54, 1.807) is 60.7 Å². The second-order valence-corrected chi connectivity index (χ2v) is 9.04. The van der Waals surface area contributed by atoms with Crippen LogP contribution in [0.1, 0.15) is 43.0 Å². The average molecular weight is 532 g/mol. The molecule has 0 bridgehead atoms. The number of hydrogen-bond donors (Lipinski definition) is 1. The number of benzene rings is 3. The summed E-state index contributed by atoms with van der Waals surface area (Å²) in [7, 11) is 3.06.